The molecule has 4 rings (SSSR count). The third-order valence-electron chi connectivity index (χ3n) is 7.34. The van der Waals surface area contributed by atoms with Gasteiger partial charge in [-0.05, 0) is 58.1 Å². The molecule has 0 spiro atoms. The van der Waals surface area contributed by atoms with Crippen LogP contribution in [0.4, 0.5) is 0 Å². The van der Waals surface area contributed by atoms with Gasteiger partial charge in [-0.1, -0.05) is 76.2 Å². The second-order valence-electron chi connectivity index (χ2n) is 11.4. The maximum Gasteiger partial charge on any atom is 0.342 e. The normalized spacial score (nSPS) is 16.6. The summed E-state index contributed by atoms with van der Waals surface area (Å²) >= 11 is 0. The van der Waals surface area contributed by atoms with Crippen LogP contribution in [-0.4, -0.2) is 32.4 Å². The van der Waals surface area contributed by atoms with Crippen LogP contribution in [0.3, 0.4) is 0 Å². The molecule has 0 amide bonds. The van der Waals surface area contributed by atoms with Crippen molar-refractivity contribution in [2.75, 3.05) is 12.9 Å². The molecule has 8 heteroatoms. The van der Waals surface area contributed by atoms with Gasteiger partial charge in [-0.3, -0.25) is 4.18 Å². The SMILES string of the molecule is CC1(C)CCC(C)(C)c2cc(C(COc3ccc(C(=O)OCc4ccccc4)c(O)c3)OS(C)(=O)=O)ccc21. The van der Waals surface area contributed by atoms with Gasteiger partial charge in [0.15, 0.2) is 0 Å². The Balaban J connectivity index is 1.51. The molecule has 0 fully saturated rings. The second-order valence-corrected chi connectivity index (χ2v) is 13.0. The Morgan fingerprint density at radius 2 is 1.59 bits per heavy atom. The second kappa shape index (κ2) is 11.0. The monoisotopic (exact) mass is 552 g/mol. The number of phenols is 1. The quantitative estimate of drug-likeness (QED) is 0.249. The number of hydrogen-bond donors (Lipinski definition) is 1. The molecular weight excluding hydrogens is 516 g/mol. The molecule has 0 saturated carbocycles. The summed E-state index contributed by atoms with van der Waals surface area (Å²) < 4.78 is 40.8. The first-order valence-electron chi connectivity index (χ1n) is 13.0. The van der Waals surface area contributed by atoms with Crippen molar-refractivity contribution in [2.24, 2.45) is 0 Å². The van der Waals surface area contributed by atoms with E-state index >= 15 is 0 Å². The lowest BCUT2D eigenvalue weighted by molar-refractivity contribution is 0.0469. The highest BCUT2D eigenvalue weighted by molar-refractivity contribution is 7.86. The molecule has 1 aliphatic carbocycles. The van der Waals surface area contributed by atoms with Gasteiger partial charge in [-0.25, -0.2) is 4.79 Å². The molecule has 208 valence electrons. The fraction of sp³-hybridized carbons (Fsp3) is 0.387. The molecule has 3 aromatic carbocycles. The smallest absolute Gasteiger partial charge is 0.342 e. The summed E-state index contributed by atoms with van der Waals surface area (Å²) in [6.07, 6.45) is 2.19. The van der Waals surface area contributed by atoms with Crippen LogP contribution in [0.2, 0.25) is 0 Å². The topological polar surface area (TPSA) is 99.1 Å². The van der Waals surface area contributed by atoms with Gasteiger partial charge >= 0.3 is 5.97 Å². The van der Waals surface area contributed by atoms with Crippen molar-refractivity contribution in [2.45, 2.75) is 64.1 Å². The molecule has 1 N–H and O–H groups in total. The van der Waals surface area contributed by atoms with E-state index in [9.17, 15) is 18.3 Å². The molecule has 1 atom stereocenters. The third-order valence-corrected chi connectivity index (χ3v) is 7.92. The average Bonchev–Trinajstić information content (AvgIpc) is 2.88. The number of ether oxygens (including phenoxy) is 2. The fourth-order valence-electron chi connectivity index (χ4n) is 4.94. The highest BCUT2D eigenvalue weighted by Crippen LogP contribution is 2.46. The van der Waals surface area contributed by atoms with Gasteiger partial charge in [0.25, 0.3) is 10.1 Å². The van der Waals surface area contributed by atoms with Crippen molar-refractivity contribution in [1.82, 2.24) is 0 Å². The van der Waals surface area contributed by atoms with E-state index in [0.29, 0.717) is 5.56 Å². The maximum absolute atomic E-state index is 12.5. The van der Waals surface area contributed by atoms with E-state index in [0.717, 1.165) is 24.7 Å². The molecule has 0 heterocycles. The van der Waals surface area contributed by atoms with Crippen LogP contribution in [0.25, 0.3) is 0 Å². The zero-order valence-electron chi connectivity index (χ0n) is 23.1. The number of carbonyl (C=O) groups is 1. The van der Waals surface area contributed by atoms with E-state index in [1.807, 2.05) is 42.5 Å². The number of aromatic hydroxyl groups is 1. The number of rotatable bonds is 9. The minimum absolute atomic E-state index is 0.00162. The minimum Gasteiger partial charge on any atom is -0.507 e. The summed E-state index contributed by atoms with van der Waals surface area (Å²) in [5.74, 6) is -0.710. The number of hydrogen-bond acceptors (Lipinski definition) is 7. The first kappa shape index (κ1) is 28.6. The molecule has 7 nitrogen and oxygen atoms in total. The third kappa shape index (κ3) is 6.99. The van der Waals surface area contributed by atoms with Gasteiger partial charge in [-0.15, -0.1) is 0 Å². The van der Waals surface area contributed by atoms with E-state index in [1.165, 1.54) is 29.3 Å². The number of fused-ring (bicyclic) bond motifs is 1. The van der Waals surface area contributed by atoms with E-state index in [-0.39, 0.29) is 41.1 Å². The average molecular weight is 553 g/mol. The first-order chi connectivity index (χ1) is 18.2. The molecule has 0 aromatic heterocycles. The van der Waals surface area contributed by atoms with Crippen molar-refractivity contribution in [3.8, 4) is 11.5 Å². The first-order valence-corrected chi connectivity index (χ1v) is 14.8. The lowest BCUT2D eigenvalue weighted by Crippen LogP contribution is -2.34. The van der Waals surface area contributed by atoms with Gasteiger partial charge in [0.05, 0.1) is 6.26 Å². The largest absolute Gasteiger partial charge is 0.507 e. The van der Waals surface area contributed by atoms with Crippen LogP contribution in [0.15, 0.2) is 66.7 Å². The van der Waals surface area contributed by atoms with E-state index in [2.05, 4.69) is 33.8 Å². The zero-order valence-corrected chi connectivity index (χ0v) is 23.9. The summed E-state index contributed by atoms with van der Waals surface area (Å²) in [5.41, 5.74) is 3.91. The van der Waals surface area contributed by atoms with Crippen molar-refractivity contribution in [1.29, 1.82) is 0 Å². The fourth-order valence-corrected chi connectivity index (χ4v) is 5.53. The van der Waals surface area contributed by atoms with Crippen LogP contribution in [0.5, 0.6) is 11.5 Å². The van der Waals surface area contributed by atoms with E-state index in [1.54, 1.807) is 0 Å². The van der Waals surface area contributed by atoms with Crippen LogP contribution in [0, 0.1) is 0 Å². The van der Waals surface area contributed by atoms with Crippen molar-refractivity contribution in [3.05, 3.63) is 94.5 Å². The highest BCUT2D eigenvalue weighted by atomic mass is 32.2. The van der Waals surface area contributed by atoms with Crippen molar-refractivity contribution >= 4 is 16.1 Å². The number of esters is 1. The van der Waals surface area contributed by atoms with Crippen LogP contribution < -0.4 is 4.74 Å². The standard InChI is InChI=1S/C31H36O7S/c1-30(2)15-16-31(3,4)26-17-22(11-14-25(26)30)28(38-39(5,34)35)20-36-23-12-13-24(27(32)18-23)29(33)37-19-21-9-7-6-8-10-21/h6-14,17-18,28,32H,15-16,19-20H2,1-5H3. The van der Waals surface area contributed by atoms with Gasteiger partial charge in [-0.2, -0.15) is 8.42 Å². The highest BCUT2D eigenvalue weighted by Gasteiger charge is 2.37. The minimum atomic E-state index is -3.79. The zero-order chi connectivity index (χ0) is 28.4. The Hall–Kier alpha value is -3.36. The van der Waals surface area contributed by atoms with E-state index in [4.69, 9.17) is 13.7 Å². The van der Waals surface area contributed by atoms with Gasteiger partial charge in [0, 0.05) is 6.07 Å². The lowest BCUT2D eigenvalue weighted by Gasteiger charge is -2.42. The van der Waals surface area contributed by atoms with Crippen molar-refractivity contribution < 1.29 is 32.0 Å². The summed E-state index contributed by atoms with van der Waals surface area (Å²) in [7, 11) is -3.79. The van der Waals surface area contributed by atoms with E-state index < -0.39 is 22.2 Å². The Labute approximate surface area is 230 Å². The predicted molar refractivity (Wildman–Crippen MR) is 150 cm³/mol. The molecule has 0 bridgehead atoms. The number of benzene rings is 3. The number of phenolic OH excluding ortho intramolecular Hbond substituents is 1. The molecule has 0 aliphatic heterocycles. The summed E-state index contributed by atoms with van der Waals surface area (Å²) in [6, 6.07) is 19.5. The van der Waals surface area contributed by atoms with Gasteiger partial charge in [0.2, 0.25) is 0 Å². The maximum atomic E-state index is 12.5. The predicted octanol–water partition coefficient (Wildman–Crippen LogP) is 6.19. The summed E-state index contributed by atoms with van der Waals surface area (Å²) in [5, 5.41) is 10.5. The Kier molecular flexibility index (Phi) is 8.09. The number of carbonyl (C=O) groups excluding carboxylic acids is 1. The molecule has 39 heavy (non-hydrogen) atoms. The van der Waals surface area contributed by atoms with Gasteiger partial charge < -0.3 is 14.6 Å². The Bertz CT molecular complexity index is 1440. The summed E-state index contributed by atoms with van der Waals surface area (Å²) in [4.78, 5) is 12.5. The summed E-state index contributed by atoms with van der Waals surface area (Å²) in [6.45, 7) is 8.80. The van der Waals surface area contributed by atoms with Crippen molar-refractivity contribution in [3.63, 3.8) is 0 Å². The molecule has 0 radical (unpaired) electrons. The Morgan fingerprint density at radius 3 is 2.23 bits per heavy atom. The molecule has 0 saturated heterocycles. The van der Waals surface area contributed by atoms with Crippen LogP contribution in [-0.2, 0) is 36.5 Å². The van der Waals surface area contributed by atoms with Crippen LogP contribution >= 0.6 is 0 Å². The molecular formula is C31H36O7S. The molecule has 3 aromatic rings. The molecule has 1 unspecified atom stereocenters. The van der Waals surface area contributed by atoms with Crippen LogP contribution in [0.1, 0.15) is 79.3 Å². The van der Waals surface area contributed by atoms with Gasteiger partial charge in [0.1, 0.15) is 36.4 Å². The lowest BCUT2D eigenvalue weighted by atomic mass is 9.63. The molecule has 1 aliphatic rings. The Morgan fingerprint density at radius 1 is 0.923 bits per heavy atom.